The molecule has 2 aromatic heterocycles. The molecule has 4 rings (SSSR count). The van der Waals surface area contributed by atoms with Gasteiger partial charge in [-0.25, -0.2) is 9.67 Å². The molecule has 3 aromatic rings. The molecule has 0 spiro atoms. The Hall–Kier alpha value is -3.22. The molecule has 144 valence electrons. The zero-order valence-corrected chi connectivity index (χ0v) is 15.9. The van der Waals surface area contributed by atoms with Crippen LogP contribution in [0.15, 0.2) is 42.6 Å². The summed E-state index contributed by atoms with van der Waals surface area (Å²) in [6.07, 6.45) is 2.14. The standard InChI is InChI=1S/C21H22N4O3/c1-3-25-19-17(12-22-25)16(11-18(23-19)14-7-5-4-6-8-14)20(26)24-10-9-15(13(24)2)21(27)28/h4-8,11-13,15H,3,9-10H2,1-2H3,(H,27,28). The molecule has 2 atom stereocenters. The van der Waals surface area contributed by atoms with Gasteiger partial charge in [0, 0.05) is 24.7 Å². The third-order valence-electron chi connectivity index (χ3n) is 5.54. The van der Waals surface area contributed by atoms with Crippen molar-refractivity contribution in [2.45, 2.75) is 32.9 Å². The number of carbonyl (C=O) groups is 2. The first-order valence-electron chi connectivity index (χ1n) is 9.47. The molecular weight excluding hydrogens is 356 g/mol. The summed E-state index contributed by atoms with van der Waals surface area (Å²) in [6, 6.07) is 11.1. The van der Waals surface area contributed by atoms with Gasteiger partial charge < -0.3 is 10.0 Å². The summed E-state index contributed by atoms with van der Waals surface area (Å²) >= 11 is 0. The number of pyridine rings is 1. The molecule has 1 amide bonds. The highest BCUT2D eigenvalue weighted by molar-refractivity contribution is 6.06. The van der Waals surface area contributed by atoms with Crippen LogP contribution < -0.4 is 0 Å². The lowest BCUT2D eigenvalue weighted by molar-refractivity contribution is -0.142. The Balaban J connectivity index is 1.83. The van der Waals surface area contributed by atoms with Gasteiger partial charge in [-0.05, 0) is 26.3 Å². The zero-order chi connectivity index (χ0) is 19.8. The number of hydrogen-bond donors (Lipinski definition) is 1. The van der Waals surface area contributed by atoms with E-state index in [1.165, 1.54) is 0 Å². The SMILES string of the molecule is CCn1ncc2c(C(=O)N3CCC(C(=O)O)C3C)cc(-c3ccccc3)nc21. The molecule has 0 saturated carbocycles. The second-order valence-corrected chi connectivity index (χ2v) is 7.09. The van der Waals surface area contributed by atoms with Crippen molar-refractivity contribution >= 4 is 22.9 Å². The van der Waals surface area contributed by atoms with Crippen LogP contribution in [0.25, 0.3) is 22.3 Å². The van der Waals surface area contributed by atoms with Crippen LogP contribution in [-0.4, -0.2) is 49.2 Å². The van der Waals surface area contributed by atoms with Crippen LogP contribution in [0, 0.1) is 5.92 Å². The van der Waals surface area contributed by atoms with Crippen molar-refractivity contribution in [3.8, 4) is 11.3 Å². The van der Waals surface area contributed by atoms with Gasteiger partial charge in [-0.15, -0.1) is 0 Å². The molecule has 1 fully saturated rings. The fourth-order valence-corrected chi connectivity index (χ4v) is 3.92. The highest BCUT2D eigenvalue weighted by Crippen LogP contribution is 2.30. The van der Waals surface area contributed by atoms with Crippen molar-refractivity contribution in [1.29, 1.82) is 0 Å². The maximum absolute atomic E-state index is 13.4. The fourth-order valence-electron chi connectivity index (χ4n) is 3.92. The first kappa shape index (κ1) is 18.2. The van der Waals surface area contributed by atoms with Crippen LogP contribution in [0.2, 0.25) is 0 Å². The minimum absolute atomic E-state index is 0.170. The molecular formula is C21H22N4O3. The lowest BCUT2D eigenvalue weighted by Crippen LogP contribution is -2.37. The van der Waals surface area contributed by atoms with E-state index in [9.17, 15) is 14.7 Å². The lowest BCUT2D eigenvalue weighted by Gasteiger charge is -2.24. The van der Waals surface area contributed by atoms with Crippen LogP contribution in [-0.2, 0) is 11.3 Å². The van der Waals surface area contributed by atoms with E-state index in [0.717, 1.165) is 5.56 Å². The number of carboxylic acid groups (broad SMARTS) is 1. The Bertz CT molecular complexity index is 1040. The molecule has 7 nitrogen and oxygen atoms in total. The highest BCUT2D eigenvalue weighted by Gasteiger charge is 2.39. The van der Waals surface area contributed by atoms with E-state index in [2.05, 4.69) is 5.10 Å². The lowest BCUT2D eigenvalue weighted by atomic mass is 10.0. The number of carbonyl (C=O) groups excluding carboxylic acids is 1. The van der Waals surface area contributed by atoms with Crippen molar-refractivity contribution in [2.75, 3.05) is 6.54 Å². The summed E-state index contributed by atoms with van der Waals surface area (Å²) < 4.78 is 1.77. The van der Waals surface area contributed by atoms with Crippen molar-refractivity contribution in [1.82, 2.24) is 19.7 Å². The van der Waals surface area contributed by atoms with Crippen molar-refractivity contribution < 1.29 is 14.7 Å². The van der Waals surface area contributed by atoms with Crippen LogP contribution in [0.1, 0.15) is 30.6 Å². The van der Waals surface area contributed by atoms with Crippen LogP contribution in [0.5, 0.6) is 0 Å². The maximum Gasteiger partial charge on any atom is 0.308 e. The van der Waals surface area contributed by atoms with Gasteiger partial charge in [0.15, 0.2) is 5.65 Å². The third kappa shape index (κ3) is 2.93. The third-order valence-corrected chi connectivity index (χ3v) is 5.54. The van der Waals surface area contributed by atoms with E-state index in [1.807, 2.05) is 37.3 Å². The Kier molecular flexibility index (Phi) is 4.58. The number of amides is 1. The number of benzene rings is 1. The van der Waals surface area contributed by atoms with Crippen LogP contribution in [0.4, 0.5) is 0 Å². The predicted octanol–water partition coefficient (Wildman–Crippen LogP) is 3.05. The van der Waals surface area contributed by atoms with Crippen molar-refractivity contribution in [3.05, 3.63) is 48.2 Å². The van der Waals surface area contributed by atoms with Gasteiger partial charge in [-0.3, -0.25) is 9.59 Å². The maximum atomic E-state index is 13.4. The molecule has 1 aromatic carbocycles. The molecule has 1 aliphatic rings. The summed E-state index contributed by atoms with van der Waals surface area (Å²) in [6.45, 7) is 4.85. The second kappa shape index (κ2) is 7.07. The zero-order valence-electron chi connectivity index (χ0n) is 15.9. The number of aryl methyl sites for hydroxylation is 1. The topological polar surface area (TPSA) is 88.3 Å². The molecule has 0 aliphatic carbocycles. The van der Waals surface area contributed by atoms with Crippen molar-refractivity contribution in [2.24, 2.45) is 5.92 Å². The molecule has 2 unspecified atom stereocenters. The van der Waals surface area contributed by atoms with E-state index in [4.69, 9.17) is 4.98 Å². The molecule has 3 heterocycles. The molecule has 7 heteroatoms. The van der Waals surface area contributed by atoms with E-state index in [1.54, 1.807) is 28.8 Å². The summed E-state index contributed by atoms with van der Waals surface area (Å²) in [5.74, 6) is -1.56. The average Bonchev–Trinajstić information content (AvgIpc) is 3.30. The summed E-state index contributed by atoms with van der Waals surface area (Å²) in [5, 5.41) is 14.5. The smallest absolute Gasteiger partial charge is 0.308 e. The Labute approximate surface area is 162 Å². The molecule has 0 bridgehead atoms. The second-order valence-electron chi connectivity index (χ2n) is 7.09. The van der Waals surface area contributed by atoms with Gasteiger partial charge in [0.05, 0.1) is 28.8 Å². The number of carboxylic acids is 1. The number of nitrogens with zero attached hydrogens (tertiary/aromatic N) is 4. The molecule has 1 aliphatic heterocycles. The minimum Gasteiger partial charge on any atom is -0.481 e. The van der Waals surface area contributed by atoms with Gasteiger partial charge in [0.2, 0.25) is 0 Å². The summed E-state index contributed by atoms with van der Waals surface area (Å²) in [4.78, 5) is 31.2. The number of aliphatic carboxylic acids is 1. The first-order chi connectivity index (χ1) is 13.5. The normalized spacial score (nSPS) is 19.3. The number of rotatable bonds is 4. The molecule has 1 N–H and O–H groups in total. The largest absolute Gasteiger partial charge is 0.481 e. The van der Waals surface area contributed by atoms with Gasteiger partial charge in [-0.2, -0.15) is 5.10 Å². The summed E-state index contributed by atoms with van der Waals surface area (Å²) in [5.41, 5.74) is 2.80. The number of aromatic nitrogens is 3. The van der Waals surface area contributed by atoms with Crippen LogP contribution in [0.3, 0.4) is 0 Å². The quantitative estimate of drug-likeness (QED) is 0.754. The van der Waals surface area contributed by atoms with Crippen molar-refractivity contribution in [3.63, 3.8) is 0 Å². The number of likely N-dealkylation sites (tertiary alicyclic amines) is 1. The Morgan fingerprint density at radius 1 is 1.25 bits per heavy atom. The Morgan fingerprint density at radius 2 is 2.00 bits per heavy atom. The highest BCUT2D eigenvalue weighted by atomic mass is 16.4. The van der Waals surface area contributed by atoms with Crippen LogP contribution >= 0.6 is 0 Å². The van der Waals surface area contributed by atoms with Gasteiger partial charge in [0.1, 0.15) is 0 Å². The van der Waals surface area contributed by atoms with E-state index in [0.29, 0.717) is 41.8 Å². The molecule has 28 heavy (non-hydrogen) atoms. The first-order valence-corrected chi connectivity index (χ1v) is 9.47. The van der Waals surface area contributed by atoms with Gasteiger partial charge in [-0.1, -0.05) is 30.3 Å². The van der Waals surface area contributed by atoms with E-state index < -0.39 is 11.9 Å². The van der Waals surface area contributed by atoms with E-state index >= 15 is 0 Å². The Morgan fingerprint density at radius 3 is 2.64 bits per heavy atom. The van der Waals surface area contributed by atoms with Gasteiger partial charge >= 0.3 is 5.97 Å². The fraction of sp³-hybridized carbons (Fsp3) is 0.333. The average molecular weight is 378 g/mol. The predicted molar refractivity (Wildman–Crippen MR) is 105 cm³/mol. The summed E-state index contributed by atoms with van der Waals surface area (Å²) in [7, 11) is 0. The number of fused-ring (bicyclic) bond motifs is 1. The molecule has 0 radical (unpaired) electrons. The minimum atomic E-state index is -0.855. The van der Waals surface area contributed by atoms with E-state index in [-0.39, 0.29) is 11.9 Å². The monoisotopic (exact) mass is 378 g/mol. The van der Waals surface area contributed by atoms with Gasteiger partial charge in [0.25, 0.3) is 5.91 Å². The number of hydrogen-bond acceptors (Lipinski definition) is 4. The molecule has 1 saturated heterocycles.